The number of piperazine rings is 1. The molecule has 0 bridgehead atoms. The number of hydrogen-bond acceptors (Lipinski definition) is 6. The van der Waals surface area contributed by atoms with Crippen LogP contribution in [0.5, 0.6) is 11.5 Å². The zero-order chi connectivity index (χ0) is 25.2. The molecule has 0 amide bonds. The number of β-amino-alcohol motifs (C(OH)–C–C–N with tert-alkyl or cyclic N) is 1. The number of fused-ring (bicyclic) bond motifs is 3. The van der Waals surface area contributed by atoms with E-state index in [0.29, 0.717) is 17.8 Å². The number of pyridine rings is 1. The number of phenols is 1. The largest absolute Gasteiger partial charge is 0.506 e. The molecule has 3 aromatic carbocycles. The van der Waals surface area contributed by atoms with Crippen LogP contribution in [0.3, 0.4) is 0 Å². The first-order valence-electron chi connectivity index (χ1n) is 13.2. The minimum Gasteiger partial charge on any atom is -0.506 e. The Bertz CT molecular complexity index is 1340. The third kappa shape index (κ3) is 4.92. The number of rotatable bonds is 6. The van der Waals surface area contributed by atoms with E-state index in [9.17, 15) is 10.2 Å². The van der Waals surface area contributed by atoms with Crippen molar-refractivity contribution >= 4 is 10.9 Å². The van der Waals surface area contributed by atoms with Crippen LogP contribution in [0.1, 0.15) is 28.3 Å². The van der Waals surface area contributed by atoms with Crippen LogP contribution in [0.2, 0.25) is 0 Å². The molecular formula is C31H33N3O3. The van der Waals surface area contributed by atoms with Gasteiger partial charge in [0.25, 0.3) is 0 Å². The number of phenolic OH excluding ortho intramolecular Hbond substituents is 1. The van der Waals surface area contributed by atoms with E-state index < -0.39 is 6.10 Å². The Hall–Kier alpha value is -3.45. The minimum absolute atomic E-state index is 0.125. The van der Waals surface area contributed by atoms with Gasteiger partial charge in [0.05, 0.1) is 6.04 Å². The molecule has 1 aliphatic carbocycles. The summed E-state index contributed by atoms with van der Waals surface area (Å²) in [7, 11) is 0. The highest BCUT2D eigenvalue weighted by Crippen LogP contribution is 2.37. The number of aliphatic hydroxyl groups is 1. The summed E-state index contributed by atoms with van der Waals surface area (Å²) < 4.78 is 5.95. The summed E-state index contributed by atoms with van der Waals surface area (Å²) in [6.45, 7) is 4.48. The predicted molar refractivity (Wildman–Crippen MR) is 145 cm³/mol. The predicted octanol–water partition coefficient (Wildman–Crippen LogP) is 4.19. The fourth-order valence-corrected chi connectivity index (χ4v) is 5.89. The average Bonchev–Trinajstić information content (AvgIpc) is 3.10. The second-order valence-corrected chi connectivity index (χ2v) is 10.1. The van der Waals surface area contributed by atoms with Gasteiger partial charge in [0.1, 0.15) is 29.7 Å². The van der Waals surface area contributed by atoms with Crippen LogP contribution in [-0.2, 0) is 12.8 Å². The van der Waals surface area contributed by atoms with Crippen LogP contribution in [0.4, 0.5) is 0 Å². The van der Waals surface area contributed by atoms with Gasteiger partial charge in [-0.1, -0.05) is 48.5 Å². The Morgan fingerprint density at radius 1 is 0.838 bits per heavy atom. The summed E-state index contributed by atoms with van der Waals surface area (Å²) in [6.07, 6.45) is 3.21. The van der Waals surface area contributed by atoms with Gasteiger partial charge in [-0.15, -0.1) is 0 Å². The summed E-state index contributed by atoms with van der Waals surface area (Å²) in [5.74, 6) is 0.746. The highest BCUT2D eigenvalue weighted by atomic mass is 16.5. The molecule has 4 aromatic rings. The smallest absolute Gasteiger partial charge is 0.142 e. The van der Waals surface area contributed by atoms with Gasteiger partial charge in [0, 0.05) is 44.3 Å². The number of nitrogens with zero attached hydrogens (tertiary/aromatic N) is 3. The molecule has 0 radical (unpaired) electrons. The summed E-state index contributed by atoms with van der Waals surface area (Å²) >= 11 is 0. The lowest BCUT2D eigenvalue weighted by atomic mass is 9.92. The van der Waals surface area contributed by atoms with Gasteiger partial charge >= 0.3 is 0 Å². The van der Waals surface area contributed by atoms with Crippen LogP contribution in [-0.4, -0.2) is 70.4 Å². The maximum Gasteiger partial charge on any atom is 0.142 e. The average molecular weight is 496 g/mol. The van der Waals surface area contributed by atoms with Crippen molar-refractivity contribution in [1.29, 1.82) is 0 Å². The number of aliphatic hydroxyl groups excluding tert-OH is 1. The monoisotopic (exact) mass is 495 g/mol. The van der Waals surface area contributed by atoms with Crippen molar-refractivity contribution in [2.24, 2.45) is 0 Å². The molecule has 0 spiro atoms. The van der Waals surface area contributed by atoms with Crippen LogP contribution in [0.25, 0.3) is 10.9 Å². The van der Waals surface area contributed by atoms with Crippen molar-refractivity contribution in [2.45, 2.75) is 25.0 Å². The number of ether oxygens (including phenoxy) is 1. The van der Waals surface area contributed by atoms with Gasteiger partial charge in [-0.25, -0.2) is 0 Å². The van der Waals surface area contributed by atoms with E-state index in [1.54, 1.807) is 18.3 Å². The Kier molecular flexibility index (Phi) is 6.79. The van der Waals surface area contributed by atoms with E-state index in [4.69, 9.17) is 4.74 Å². The van der Waals surface area contributed by atoms with E-state index in [2.05, 4.69) is 63.3 Å². The number of aromatic hydroxyl groups is 1. The number of hydrogen-bond donors (Lipinski definition) is 2. The molecular weight excluding hydrogens is 462 g/mol. The molecule has 1 aliphatic heterocycles. The molecule has 1 atom stereocenters. The third-order valence-electron chi connectivity index (χ3n) is 7.74. The highest BCUT2D eigenvalue weighted by molar-refractivity contribution is 5.89. The standard InChI is InChI=1S/C31H33N3O3/c35-24(21-37-29-14-13-28(36)30-27(29)10-5-15-32-30)20-33-16-18-34(19-17-33)31-25-8-3-1-6-22(25)11-12-23-7-2-4-9-26(23)31/h1-10,13-15,24,31,35-36H,11-12,16-21H2. The van der Waals surface area contributed by atoms with Crippen LogP contribution < -0.4 is 4.74 Å². The Morgan fingerprint density at radius 3 is 2.22 bits per heavy atom. The highest BCUT2D eigenvalue weighted by Gasteiger charge is 2.31. The Morgan fingerprint density at radius 2 is 1.51 bits per heavy atom. The van der Waals surface area contributed by atoms with Crippen molar-refractivity contribution < 1.29 is 14.9 Å². The first-order valence-corrected chi connectivity index (χ1v) is 13.2. The van der Waals surface area contributed by atoms with Crippen molar-refractivity contribution in [3.05, 3.63) is 101 Å². The maximum atomic E-state index is 10.8. The number of benzene rings is 3. The molecule has 1 unspecified atom stereocenters. The van der Waals surface area contributed by atoms with Crippen molar-refractivity contribution in [1.82, 2.24) is 14.8 Å². The van der Waals surface area contributed by atoms with E-state index >= 15 is 0 Å². The number of aryl methyl sites for hydroxylation is 2. The SMILES string of the molecule is Oc1ccc(OCC(O)CN2CCN(C3c4ccccc4CCc4ccccc43)CC2)c2cccnc12. The van der Waals surface area contributed by atoms with Gasteiger partial charge in [-0.05, 0) is 59.4 Å². The van der Waals surface area contributed by atoms with Crippen molar-refractivity contribution in [3.63, 3.8) is 0 Å². The zero-order valence-electron chi connectivity index (χ0n) is 21.0. The summed E-state index contributed by atoms with van der Waals surface area (Å²) in [5, 5.41) is 21.6. The molecule has 190 valence electrons. The van der Waals surface area contributed by atoms with Crippen LogP contribution >= 0.6 is 0 Å². The van der Waals surface area contributed by atoms with E-state index in [1.165, 1.54) is 22.3 Å². The second kappa shape index (κ2) is 10.5. The normalized spacial score (nSPS) is 17.6. The van der Waals surface area contributed by atoms with E-state index in [-0.39, 0.29) is 18.4 Å². The van der Waals surface area contributed by atoms with Gasteiger partial charge in [0.15, 0.2) is 0 Å². The fourth-order valence-electron chi connectivity index (χ4n) is 5.89. The molecule has 6 rings (SSSR count). The van der Waals surface area contributed by atoms with Crippen LogP contribution in [0.15, 0.2) is 79.0 Å². The lowest BCUT2D eigenvalue weighted by Gasteiger charge is -2.40. The molecule has 1 aromatic heterocycles. The van der Waals surface area contributed by atoms with Crippen molar-refractivity contribution in [3.8, 4) is 11.5 Å². The molecule has 1 fully saturated rings. The molecule has 6 nitrogen and oxygen atoms in total. The lowest BCUT2D eigenvalue weighted by Crippen LogP contribution is -2.50. The topological polar surface area (TPSA) is 69.1 Å². The van der Waals surface area contributed by atoms with Crippen LogP contribution in [0, 0.1) is 0 Å². The first kappa shape index (κ1) is 23.9. The summed E-state index contributed by atoms with van der Waals surface area (Å²) in [5.41, 5.74) is 6.29. The number of aromatic nitrogens is 1. The molecule has 2 aliphatic rings. The molecule has 0 saturated carbocycles. The first-order chi connectivity index (χ1) is 18.2. The van der Waals surface area contributed by atoms with Gasteiger partial charge in [0.2, 0.25) is 0 Å². The third-order valence-corrected chi connectivity index (χ3v) is 7.74. The van der Waals surface area contributed by atoms with Gasteiger partial charge in [-0.2, -0.15) is 0 Å². The molecule has 37 heavy (non-hydrogen) atoms. The summed E-state index contributed by atoms with van der Waals surface area (Å²) in [6, 6.07) is 25.1. The quantitative estimate of drug-likeness (QED) is 0.418. The molecule has 1 saturated heterocycles. The van der Waals surface area contributed by atoms with E-state index in [0.717, 1.165) is 44.4 Å². The molecule has 2 N–H and O–H groups in total. The molecule has 2 heterocycles. The van der Waals surface area contributed by atoms with Gasteiger partial charge in [-0.3, -0.25) is 14.8 Å². The lowest BCUT2D eigenvalue weighted by molar-refractivity contribution is 0.0403. The van der Waals surface area contributed by atoms with Gasteiger partial charge < -0.3 is 14.9 Å². The maximum absolute atomic E-state index is 10.8. The Balaban J connectivity index is 1.10. The summed E-state index contributed by atoms with van der Waals surface area (Å²) in [4.78, 5) is 9.17. The Labute approximate surface area is 217 Å². The minimum atomic E-state index is -0.605. The fraction of sp³-hybridized carbons (Fsp3) is 0.323. The molecule has 6 heteroatoms. The van der Waals surface area contributed by atoms with Crippen molar-refractivity contribution in [2.75, 3.05) is 39.3 Å². The second-order valence-electron chi connectivity index (χ2n) is 10.1. The van der Waals surface area contributed by atoms with E-state index in [1.807, 2.05) is 12.1 Å². The zero-order valence-corrected chi connectivity index (χ0v) is 21.0.